The van der Waals surface area contributed by atoms with Gasteiger partial charge in [-0.3, -0.25) is 4.79 Å². The maximum atomic E-state index is 12.9. The van der Waals surface area contributed by atoms with Crippen molar-refractivity contribution in [3.8, 4) is 0 Å². The molecule has 3 rings (SSSR count). The highest BCUT2D eigenvalue weighted by atomic mass is 32.2. The lowest BCUT2D eigenvalue weighted by atomic mass is 10.1. The monoisotopic (exact) mass is 404 g/mol. The summed E-state index contributed by atoms with van der Waals surface area (Å²) in [6.07, 6.45) is 4.50. The van der Waals surface area contributed by atoms with Gasteiger partial charge in [-0.1, -0.05) is 0 Å². The summed E-state index contributed by atoms with van der Waals surface area (Å²) in [5.74, 6) is 0.0779. The van der Waals surface area contributed by atoms with Crippen LogP contribution in [0.5, 0.6) is 0 Å². The molecule has 1 aromatic heterocycles. The third-order valence-corrected chi connectivity index (χ3v) is 6.82. The van der Waals surface area contributed by atoms with Gasteiger partial charge in [0.05, 0.1) is 17.4 Å². The summed E-state index contributed by atoms with van der Waals surface area (Å²) in [5.41, 5.74) is 2.70. The van der Waals surface area contributed by atoms with E-state index < -0.39 is 15.9 Å². The maximum absolute atomic E-state index is 12.9. The van der Waals surface area contributed by atoms with Gasteiger partial charge in [0.15, 0.2) is 0 Å². The number of sulfonamides is 1. The van der Waals surface area contributed by atoms with Crippen LogP contribution in [0.2, 0.25) is 0 Å². The molecule has 1 aliphatic rings. The number of nitrogens with one attached hydrogen (secondary N) is 1. The number of piperidine rings is 1. The highest BCUT2D eigenvalue weighted by molar-refractivity contribution is 7.89. The van der Waals surface area contributed by atoms with E-state index in [9.17, 15) is 13.2 Å². The Labute approximate surface area is 164 Å². The molecule has 1 saturated heterocycles. The molecular weight excluding hydrogens is 380 g/mol. The molecule has 2 aromatic rings. The molecule has 0 saturated carbocycles. The number of benzene rings is 1. The van der Waals surface area contributed by atoms with Crippen molar-refractivity contribution in [3.05, 3.63) is 54.0 Å². The SMILES string of the molecule is CN1CCC(N(C)S(=O)(=O)c2ccc(C(=O)N/N=C\c3ccco3)cc2)CC1. The minimum Gasteiger partial charge on any atom is -0.463 e. The highest BCUT2D eigenvalue weighted by Crippen LogP contribution is 2.22. The van der Waals surface area contributed by atoms with Crippen molar-refractivity contribution in [2.24, 2.45) is 5.10 Å². The van der Waals surface area contributed by atoms with E-state index in [2.05, 4.69) is 15.4 Å². The highest BCUT2D eigenvalue weighted by Gasteiger charge is 2.30. The summed E-state index contributed by atoms with van der Waals surface area (Å²) in [5, 5.41) is 3.81. The maximum Gasteiger partial charge on any atom is 0.271 e. The molecule has 1 aromatic carbocycles. The van der Waals surface area contributed by atoms with Gasteiger partial charge in [-0.05, 0) is 69.4 Å². The number of furan rings is 1. The van der Waals surface area contributed by atoms with E-state index in [0.29, 0.717) is 11.3 Å². The topological polar surface area (TPSA) is 95.2 Å². The summed E-state index contributed by atoms with van der Waals surface area (Å²) < 4.78 is 32.3. The average molecular weight is 404 g/mol. The van der Waals surface area contributed by atoms with E-state index in [-0.39, 0.29) is 10.9 Å². The summed E-state index contributed by atoms with van der Waals surface area (Å²) in [6.45, 7) is 1.75. The predicted molar refractivity (Wildman–Crippen MR) is 106 cm³/mol. The molecule has 0 unspecified atom stereocenters. The van der Waals surface area contributed by atoms with Gasteiger partial charge in [0.2, 0.25) is 10.0 Å². The third kappa shape index (κ3) is 4.67. The number of carbonyl (C=O) groups is 1. The quantitative estimate of drug-likeness (QED) is 0.585. The lowest BCUT2D eigenvalue weighted by molar-refractivity contribution is 0.0955. The second kappa shape index (κ2) is 8.68. The standard InChI is InChI=1S/C19H24N4O4S/c1-22-11-9-16(10-12-22)23(2)28(25,26)18-7-5-15(6-8-18)19(24)21-20-14-17-4-3-13-27-17/h3-8,13-14,16H,9-12H2,1-2H3,(H,21,24)/b20-14-. The van der Waals surface area contributed by atoms with Crippen molar-refractivity contribution >= 4 is 22.1 Å². The lowest BCUT2D eigenvalue weighted by Crippen LogP contribution is -2.44. The van der Waals surface area contributed by atoms with Crippen molar-refractivity contribution in [2.75, 3.05) is 27.2 Å². The molecular formula is C19H24N4O4S. The molecule has 1 aliphatic heterocycles. The fourth-order valence-electron chi connectivity index (χ4n) is 3.08. The minimum absolute atomic E-state index is 0.0138. The van der Waals surface area contributed by atoms with Crippen LogP contribution in [-0.4, -0.2) is 63.0 Å². The first-order chi connectivity index (χ1) is 13.4. The first-order valence-corrected chi connectivity index (χ1v) is 10.5. The van der Waals surface area contributed by atoms with E-state index in [1.54, 1.807) is 19.2 Å². The number of amides is 1. The Morgan fingerprint density at radius 1 is 1.25 bits per heavy atom. The Morgan fingerprint density at radius 3 is 2.54 bits per heavy atom. The smallest absolute Gasteiger partial charge is 0.271 e. The number of hydrogen-bond acceptors (Lipinski definition) is 6. The van der Waals surface area contributed by atoms with Crippen LogP contribution in [-0.2, 0) is 10.0 Å². The molecule has 0 spiro atoms. The molecule has 9 heteroatoms. The van der Waals surface area contributed by atoms with Gasteiger partial charge in [-0.2, -0.15) is 9.41 Å². The molecule has 0 radical (unpaired) electrons. The zero-order valence-electron chi connectivity index (χ0n) is 15.9. The Bertz CT molecular complexity index is 915. The van der Waals surface area contributed by atoms with Crippen LogP contribution in [0.3, 0.4) is 0 Å². The molecule has 1 amide bonds. The predicted octanol–water partition coefficient (Wildman–Crippen LogP) is 1.76. The van der Waals surface area contributed by atoms with E-state index >= 15 is 0 Å². The Morgan fingerprint density at radius 2 is 1.93 bits per heavy atom. The minimum atomic E-state index is -3.60. The van der Waals surface area contributed by atoms with Crippen LogP contribution in [0.4, 0.5) is 0 Å². The number of carbonyl (C=O) groups excluding carboxylic acids is 1. The molecule has 1 fully saturated rings. The molecule has 2 heterocycles. The van der Waals surface area contributed by atoms with Crippen molar-refractivity contribution < 1.29 is 17.6 Å². The number of hydrazone groups is 1. The van der Waals surface area contributed by atoms with Crippen molar-refractivity contribution in [3.63, 3.8) is 0 Å². The summed E-state index contributed by atoms with van der Waals surface area (Å²) >= 11 is 0. The van der Waals surface area contributed by atoms with Crippen LogP contribution in [0.1, 0.15) is 29.0 Å². The van der Waals surface area contributed by atoms with Crippen molar-refractivity contribution in [1.82, 2.24) is 14.6 Å². The first-order valence-electron chi connectivity index (χ1n) is 9.01. The molecule has 0 bridgehead atoms. The zero-order chi connectivity index (χ0) is 20.1. The number of nitrogens with zero attached hydrogens (tertiary/aromatic N) is 3. The second-order valence-corrected chi connectivity index (χ2v) is 8.79. The summed E-state index contributed by atoms with van der Waals surface area (Å²) in [4.78, 5) is 14.5. The first kappa shape index (κ1) is 20.2. The summed E-state index contributed by atoms with van der Waals surface area (Å²) in [6, 6.07) is 9.26. The fourth-order valence-corrected chi connectivity index (χ4v) is 4.50. The number of likely N-dealkylation sites (tertiary alicyclic amines) is 1. The van der Waals surface area contributed by atoms with Crippen LogP contribution >= 0.6 is 0 Å². The molecule has 8 nitrogen and oxygen atoms in total. The Hall–Kier alpha value is -2.49. The summed E-state index contributed by atoms with van der Waals surface area (Å²) in [7, 11) is 0.0512. The van der Waals surface area contributed by atoms with Gasteiger partial charge in [-0.25, -0.2) is 13.8 Å². The largest absolute Gasteiger partial charge is 0.463 e. The van der Waals surface area contributed by atoms with Crippen LogP contribution < -0.4 is 5.43 Å². The van der Waals surface area contributed by atoms with E-state index in [1.165, 1.54) is 41.0 Å². The molecule has 150 valence electrons. The Balaban J connectivity index is 1.64. The fraction of sp³-hybridized carbons (Fsp3) is 0.368. The van der Waals surface area contributed by atoms with E-state index in [4.69, 9.17) is 4.42 Å². The lowest BCUT2D eigenvalue weighted by Gasteiger charge is -2.34. The molecule has 1 N–H and O–H groups in total. The Kier molecular flexibility index (Phi) is 6.28. The van der Waals surface area contributed by atoms with Gasteiger partial charge in [0.25, 0.3) is 5.91 Å². The third-order valence-electron chi connectivity index (χ3n) is 4.90. The van der Waals surface area contributed by atoms with Crippen LogP contribution in [0.15, 0.2) is 57.1 Å². The van der Waals surface area contributed by atoms with E-state index in [0.717, 1.165) is 25.9 Å². The molecule has 0 atom stereocenters. The van der Waals surface area contributed by atoms with Crippen molar-refractivity contribution in [1.29, 1.82) is 0 Å². The zero-order valence-corrected chi connectivity index (χ0v) is 16.7. The van der Waals surface area contributed by atoms with Gasteiger partial charge >= 0.3 is 0 Å². The van der Waals surface area contributed by atoms with Gasteiger partial charge in [0, 0.05) is 18.7 Å². The van der Waals surface area contributed by atoms with Gasteiger partial charge < -0.3 is 9.32 Å². The average Bonchev–Trinajstić information content (AvgIpc) is 3.21. The van der Waals surface area contributed by atoms with Gasteiger partial charge in [-0.15, -0.1) is 0 Å². The van der Waals surface area contributed by atoms with E-state index in [1.807, 2.05) is 7.05 Å². The second-order valence-electron chi connectivity index (χ2n) is 6.79. The molecule has 0 aliphatic carbocycles. The normalized spacial score (nSPS) is 16.7. The van der Waals surface area contributed by atoms with Crippen LogP contribution in [0.25, 0.3) is 0 Å². The molecule has 28 heavy (non-hydrogen) atoms. The number of hydrogen-bond donors (Lipinski definition) is 1. The number of rotatable bonds is 6. The van der Waals surface area contributed by atoms with Gasteiger partial charge in [0.1, 0.15) is 5.76 Å². The van der Waals surface area contributed by atoms with Crippen molar-refractivity contribution in [2.45, 2.75) is 23.8 Å². The van der Waals surface area contributed by atoms with Crippen LogP contribution in [0, 0.1) is 0 Å².